The highest BCUT2D eigenvalue weighted by molar-refractivity contribution is 7.18. The number of rotatable bonds is 6. The Labute approximate surface area is 192 Å². The smallest absolute Gasteiger partial charge is 0.263 e. The van der Waals surface area contributed by atoms with Crippen LogP contribution in [-0.2, 0) is 37.1 Å². The molecule has 5 rings (SSSR count). The highest BCUT2D eigenvalue weighted by Crippen LogP contribution is 2.34. The van der Waals surface area contributed by atoms with Crippen molar-refractivity contribution in [1.29, 1.82) is 0 Å². The summed E-state index contributed by atoms with van der Waals surface area (Å²) in [5, 5.41) is 3.70. The van der Waals surface area contributed by atoms with Crippen LogP contribution in [0.25, 0.3) is 10.2 Å². The van der Waals surface area contributed by atoms with Crippen molar-refractivity contribution in [3.63, 3.8) is 0 Å². The van der Waals surface area contributed by atoms with Gasteiger partial charge in [-0.05, 0) is 81.3 Å². The highest BCUT2D eigenvalue weighted by Gasteiger charge is 2.24. The maximum Gasteiger partial charge on any atom is 0.263 e. The summed E-state index contributed by atoms with van der Waals surface area (Å²) in [6.45, 7) is 4.75. The molecule has 3 heterocycles. The lowest BCUT2D eigenvalue weighted by atomic mass is 9.97. The molecule has 1 aromatic carbocycles. The minimum Gasteiger partial charge on any atom is -0.325 e. The van der Waals surface area contributed by atoms with E-state index in [4.69, 9.17) is 4.98 Å². The molecule has 3 aromatic rings. The highest BCUT2D eigenvalue weighted by atomic mass is 32.1. The maximum absolute atomic E-state index is 13.7. The third-order valence-electron chi connectivity index (χ3n) is 6.67. The fraction of sp³-hybridized carbons (Fsp3) is 0.480. The van der Waals surface area contributed by atoms with Crippen LogP contribution in [0.2, 0.25) is 0 Å². The standard InChI is InChI=1S/C25H30N4O2S/c1-2-17-9-11-18(12-10-17)26-22(30)16-29-21(15-28-13-5-6-14-28)27-24-23(25(29)31)19-7-3-4-8-20(19)32-24/h9-12H,2-8,13-16H2,1H3,(H,26,30). The number of thiophene rings is 1. The molecule has 32 heavy (non-hydrogen) atoms. The van der Waals surface area contributed by atoms with E-state index >= 15 is 0 Å². The molecule has 0 atom stereocenters. The van der Waals surface area contributed by atoms with Crippen LogP contribution >= 0.6 is 11.3 Å². The molecule has 2 aromatic heterocycles. The number of nitrogens with zero attached hydrogens (tertiary/aromatic N) is 3. The first kappa shape index (κ1) is 21.3. The molecule has 1 amide bonds. The van der Waals surface area contributed by atoms with Gasteiger partial charge in [0, 0.05) is 10.6 Å². The monoisotopic (exact) mass is 450 g/mol. The topological polar surface area (TPSA) is 67.2 Å². The normalized spacial score (nSPS) is 16.4. The van der Waals surface area contributed by atoms with Crippen LogP contribution in [0.15, 0.2) is 29.1 Å². The SMILES string of the molecule is CCc1ccc(NC(=O)Cn2c(CN3CCCC3)nc3sc4c(c3c2=O)CCCC4)cc1. The number of anilines is 1. The van der Waals surface area contributed by atoms with Crippen LogP contribution in [0.4, 0.5) is 5.69 Å². The number of likely N-dealkylation sites (tertiary alicyclic amines) is 1. The van der Waals surface area contributed by atoms with Gasteiger partial charge in [0.05, 0.1) is 11.9 Å². The largest absolute Gasteiger partial charge is 0.325 e. The van der Waals surface area contributed by atoms with Crippen molar-refractivity contribution in [2.24, 2.45) is 0 Å². The average molecular weight is 451 g/mol. The molecule has 1 aliphatic carbocycles. The molecular formula is C25H30N4O2S. The third kappa shape index (κ3) is 4.24. The molecule has 6 nitrogen and oxygen atoms in total. The number of nitrogens with one attached hydrogen (secondary N) is 1. The second kappa shape index (κ2) is 9.16. The van der Waals surface area contributed by atoms with Gasteiger partial charge in [0.2, 0.25) is 5.91 Å². The van der Waals surface area contributed by atoms with Gasteiger partial charge < -0.3 is 5.32 Å². The van der Waals surface area contributed by atoms with E-state index in [-0.39, 0.29) is 18.0 Å². The first-order valence-electron chi connectivity index (χ1n) is 11.8. The number of benzene rings is 1. The summed E-state index contributed by atoms with van der Waals surface area (Å²) in [7, 11) is 0. The Morgan fingerprint density at radius 3 is 2.59 bits per heavy atom. The molecule has 1 N–H and O–H groups in total. The number of carbonyl (C=O) groups excluding carboxylic acids is 1. The number of aromatic nitrogens is 2. The molecule has 0 saturated carbocycles. The number of hydrogen-bond acceptors (Lipinski definition) is 5. The molecule has 168 valence electrons. The summed E-state index contributed by atoms with van der Waals surface area (Å²) in [6.07, 6.45) is 7.57. The fourth-order valence-corrected chi connectivity index (χ4v) is 6.14. The molecule has 0 spiro atoms. The molecule has 1 aliphatic heterocycles. The number of fused-ring (bicyclic) bond motifs is 3. The van der Waals surface area contributed by atoms with Gasteiger partial charge in [-0.3, -0.25) is 19.1 Å². The van der Waals surface area contributed by atoms with E-state index in [9.17, 15) is 9.59 Å². The van der Waals surface area contributed by atoms with Crippen molar-refractivity contribution in [3.05, 3.63) is 56.4 Å². The second-order valence-corrected chi connectivity index (χ2v) is 9.98. The van der Waals surface area contributed by atoms with Gasteiger partial charge in [0.1, 0.15) is 17.2 Å². The molecule has 0 unspecified atom stereocenters. The Balaban J connectivity index is 1.49. The lowest BCUT2D eigenvalue weighted by Gasteiger charge is -2.18. The molecule has 1 saturated heterocycles. The van der Waals surface area contributed by atoms with E-state index in [2.05, 4.69) is 17.1 Å². The van der Waals surface area contributed by atoms with Crippen molar-refractivity contribution in [2.75, 3.05) is 18.4 Å². The van der Waals surface area contributed by atoms with Crippen LogP contribution in [0.1, 0.15) is 54.4 Å². The van der Waals surface area contributed by atoms with E-state index in [1.807, 2.05) is 24.3 Å². The lowest BCUT2D eigenvalue weighted by molar-refractivity contribution is -0.116. The lowest BCUT2D eigenvalue weighted by Crippen LogP contribution is -2.33. The quantitative estimate of drug-likeness (QED) is 0.613. The van der Waals surface area contributed by atoms with Crippen LogP contribution in [0.3, 0.4) is 0 Å². The Morgan fingerprint density at radius 2 is 1.84 bits per heavy atom. The van der Waals surface area contributed by atoms with E-state index in [1.165, 1.54) is 35.3 Å². The Kier molecular flexibility index (Phi) is 6.11. The van der Waals surface area contributed by atoms with Crippen LogP contribution in [-0.4, -0.2) is 33.4 Å². The summed E-state index contributed by atoms with van der Waals surface area (Å²) in [6, 6.07) is 7.88. The van der Waals surface area contributed by atoms with Crippen LogP contribution in [0, 0.1) is 0 Å². The zero-order valence-corrected chi connectivity index (χ0v) is 19.5. The summed E-state index contributed by atoms with van der Waals surface area (Å²) >= 11 is 1.68. The molecule has 0 radical (unpaired) electrons. The molecular weight excluding hydrogens is 420 g/mol. The van der Waals surface area contributed by atoms with Crippen molar-refractivity contribution >= 4 is 33.1 Å². The van der Waals surface area contributed by atoms with Crippen molar-refractivity contribution < 1.29 is 4.79 Å². The molecule has 0 bridgehead atoms. The minimum atomic E-state index is -0.190. The van der Waals surface area contributed by atoms with Gasteiger partial charge in [0.15, 0.2) is 0 Å². The first-order valence-corrected chi connectivity index (χ1v) is 12.6. The molecule has 7 heteroatoms. The summed E-state index contributed by atoms with van der Waals surface area (Å²) in [5.74, 6) is 0.517. The van der Waals surface area contributed by atoms with Gasteiger partial charge >= 0.3 is 0 Å². The number of amides is 1. The third-order valence-corrected chi connectivity index (χ3v) is 7.85. The fourth-order valence-electron chi connectivity index (χ4n) is 4.87. The van der Waals surface area contributed by atoms with Crippen LogP contribution < -0.4 is 10.9 Å². The zero-order chi connectivity index (χ0) is 22.1. The first-order chi connectivity index (χ1) is 15.6. The number of carbonyl (C=O) groups is 1. The van der Waals surface area contributed by atoms with E-state index in [0.29, 0.717) is 12.4 Å². The summed E-state index contributed by atoms with van der Waals surface area (Å²) in [4.78, 5) is 36.0. The summed E-state index contributed by atoms with van der Waals surface area (Å²) in [5.41, 5.74) is 3.10. The predicted molar refractivity (Wildman–Crippen MR) is 129 cm³/mol. The number of aryl methyl sites for hydroxylation is 3. The number of hydrogen-bond donors (Lipinski definition) is 1. The van der Waals surface area contributed by atoms with Crippen LogP contribution in [0.5, 0.6) is 0 Å². The summed E-state index contributed by atoms with van der Waals surface area (Å²) < 4.78 is 1.62. The zero-order valence-electron chi connectivity index (χ0n) is 18.7. The van der Waals surface area contributed by atoms with E-state index in [0.717, 1.165) is 54.7 Å². The predicted octanol–water partition coefficient (Wildman–Crippen LogP) is 4.13. The van der Waals surface area contributed by atoms with Crippen molar-refractivity contribution in [1.82, 2.24) is 14.5 Å². The Morgan fingerprint density at radius 1 is 1.09 bits per heavy atom. The van der Waals surface area contributed by atoms with Gasteiger partial charge in [-0.2, -0.15) is 0 Å². The molecule has 1 fully saturated rings. The van der Waals surface area contributed by atoms with Gasteiger partial charge in [-0.15, -0.1) is 11.3 Å². The Bertz CT molecular complexity index is 1190. The second-order valence-electron chi connectivity index (χ2n) is 8.89. The molecule has 2 aliphatic rings. The van der Waals surface area contributed by atoms with Crippen molar-refractivity contribution in [3.8, 4) is 0 Å². The average Bonchev–Trinajstić information content (AvgIpc) is 3.44. The van der Waals surface area contributed by atoms with E-state index < -0.39 is 0 Å². The van der Waals surface area contributed by atoms with Crippen molar-refractivity contribution in [2.45, 2.75) is 65.0 Å². The van der Waals surface area contributed by atoms with Gasteiger partial charge in [0.25, 0.3) is 5.56 Å². The maximum atomic E-state index is 13.7. The van der Waals surface area contributed by atoms with Gasteiger partial charge in [-0.1, -0.05) is 19.1 Å². The minimum absolute atomic E-state index is 0.00883. The van der Waals surface area contributed by atoms with Gasteiger partial charge in [-0.25, -0.2) is 4.98 Å². The van der Waals surface area contributed by atoms with E-state index in [1.54, 1.807) is 15.9 Å². The Hall–Kier alpha value is -2.51.